The lowest BCUT2D eigenvalue weighted by molar-refractivity contribution is 0.568. The minimum atomic E-state index is -0.0840. The number of hydrogen-bond donors (Lipinski definition) is 0. The minimum absolute atomic E-state index is 0.0840. The Morgan fingerprint density at radius 3 is 2.52 bits per heavy atom. The second kappa shape index (κ2) is 5.08. The monoisotopic (exact) mass is 297 g/mol. The van der Waals surface area contributed by atoms with Crippen molar-refractivity contribution in [2.45, 2.75) is 26.2 Å². The van der Waals surface area contributed by atoms with Crippen LogP contribution < -0.4 is 0 Å². The highest BCUT2D eigenvalue weighted by atomic mass is 35.5. The van der Waals surface area contributed by atoms with Crippen molar-refractivity contribution >= 4 is 22.4 Å². The van der Waals surface area contributed by atoms with E-state index in [-0.39, 0.29) is 5.41 Å². The minimum Gasteiger partial charge on any atom is -0.263 e. The summed E-state index contributed by atoms with van der Waals surface area (Å²) in [5, 5.41) is 2.60. The van der Waals surface area contributed by atoms with Crippen molar-refractivity contribution < 1.29 is 0 Å². The third-order valence-corrected chi connectivity index (χ3v) is 3.57. The van der Waals surface area contributed by atoms with Crippen LogP contribution in [0, 0.1) is 0 Å². The van der Waals surface area contributed by atoms with E-state index in [0.717, 1.165) is 22.0 Å². The molecule has 0 unspecified atom stereocenters. The van der Waals surface area contributed by atoms with E-state index in [9.17, 15) is 0 Å². The summed E-state index contributed by atoms with van der Waals surface area (Å²) in [5.41, 5.74) is 1.74. The van der Waals surface area contributed by atoms with E-state index in [1.54, 1.807) is 6.20 Å². The van der Waals surface area contributed by atoms with Crippen molar-refractivity contribution in [3.63, 3.8) is 0 Å². The fraction of sp³-hybridized carbons (Fsp3) is 0.235. The SMILES string of the molecule is CC(C)(C)c1cc(Cl)nc(-c2cncc3ccccc23)n1. The molecule has 106 valence electrons. The molecule has 0 aliphatic carbocycles. The van der Waals surface area contributed by atoms with E-state index in [1.807, 2.05) is 36.5 Å². The molecule has 0 saturated carbocycles. The molecule has 0 saturated heterocycles. The summed E-state index contributed by atoms with van der Waals surface area (Å²) >= 11 is 6.19. The zero-order chi connectivity index (χ0) is 15.0. The molecule has 0 N–H and O–H groups in total. The van der Waals surface area contributed by atoms with Gasteiger partial charge in [-0.2, -0.15) is 0 Å². The molecule has 3 rings (SSSR count). The van der Waals surface area contributed by atoms with E-state index in [4.69, 9.17) is 11.6 Å². The molecule has 0 spiro atoms. The normalized spacial score (nSPS) is 11.8. The predicted octanol–water partition coefficient (Wildman–Crippen LogP) is 4.64. The third-order valence-electron chi connectivity index (χ3n) is 3.37. The maximum Gasteiger partial charge on any atom is 0.163 e. The lowest BCUT2D eigenvalue weighted by Crippen LogP contribution is -2.14. The van der Waals surface area contributed by atoms with Gasteiger partial charge in [-0.15, -0.1) is 0 Å². The molecule has 0 radical (unpaired) electrons. The molecule has 0 amide bonds. The Labute approximate surface area is 129 Å². The van der Waals surface area contributed by atoms with Gasteiger partial charge in [0.15, 0.2) is 5.82 Å². The second-order valence-corrected chi connectivity index (χ2v) is 6.44. The number of halogens is 1. The summed E-state index contributed by atoms with van der Waals surface area (Å²) in [7, 11) is 0. The molecule has 2 heterocycles. The van der Waals surface area contributed by atoms with E-state index < -0.39 is 0 Å². The number of fused-ring (bicyclic) bond motifs is 1. The average molecular weight is 298 g/mol. The Kier molecular flexibility index (Phi) is 3.38. The van der Waals surface area contributed by atoms with Crippen LogP contribution in [0.25, 0.3) is 22.2 Å². The molecule has 21 heavy (non-hydrogen) atoms. The number of nitrogens with zero attached hydrogens (tertiary/aromatic N) is 3. The van der Waals surface area contributed by atoms with E-state index in [0.29, 0.717) is 11.0 Å². The zero-order valence-electron chi connectivity index (χ0n) is 12.3. The summed E-state index contributed by atoms with van der Waals surface area (Å²) in [6.07, 6.45) is 3.63. The number of pyridine rings is 1. The van der Waals surface area contributed by atoms with Crippen LogP contribution in [0.2, 0.25) is 5.15 Å². The highest BCUT2D eigenvalue weighted by Crippen LogP contribution is 2.29. The molecule has 0 atom stereocenters. The first-order chi connectivity index (χ1) is 9.95. The van der Waals surface area contributed by atoms with Gasteiger partial charge < -0.3 is 0 Å². The van der Waals surface area contributed by atoms with E-state index in [1.165, 1.54) is 0 Å². The van der Waals surface area contributed by atoms with E-state index in [2.05, 4.69) is 35.7 Å². The van der Waals surface area contributed by atoms with Crippen LogP contribution in [-0.2, 0) is 5.41 Å². The van der Waals surface area contributed by atoms with Crippen LogP contribution >= 0.6 is 11.6 Å². The van der Waals surface area contributed by atoms with Crippen molar-refractivity contribution in [3.8, 4) is 11.4 Å². The van der Waals surface area contributed by atoms with Gasteiger partial charge in [-0.3, -0.25) is 4.98 Å². The highest BCUT2D eigenvalue weighted by Gasteiger charge is 2.19. The maximum atomic E-state index is 6.19. The molecule has 1 aromatic carbocycles. The van der Waals surface area contributed by atoms with Gasteiger partial charge in [0.25, 0.3) is 0 Å². The summed E-state index contributed by atoms with van der Waals surface area (Å²) in [4.78, 5) is 13.4. The number of aromatic nitrogens is 3. The number of hydrogen-bond acceptors (Lipinski definition) is 3. The van der Waals surface area contributed by atoms with Crippen molar-refractivity contribution in [2.24, 2.45) is 0 Å². The Hall–Kier alpha value is -2.00. The molecule has 0 aliphatic rings. The molecule has 2 aromatic heterocycles. The second-order valence-electron chi connectivity index (χ2n) is 6.06. The Balaban J connectivity index is 2.26. The standard InChI is InChI=1S/C17H16ClN3/c1-17(2,3)14-8-15(18)21-16(20-14)13-10-19-9-11-6-4-5-7-12(11)13/h4-10H,1-3H3. The van der Waals surface area contributed by atoms with Gasteiger partial charge in [0.2, 0.25) is 0 Å². The molecule has 3 nitrogen and oxygen atoms in total. The Bertz CT molecular complexity index is 801. The average Bonchev–Trinajstić information content (AvgIpc) is 2.45. The molecular weight excluding hydrogens is 282 g/mol. The van der Waals surface area contributed by atoms with Crippen LogP contribution in [0.1, 0.15) is 26.5 Å². The topological polar surface area (TPSA) is 38.7 Å². The molecule has 0 bridgehead atoms. The van der Waals surface area contributed by atoms with Crippen LogP contribution in [0.3, 0.4) is 0 Å². The predicted molar refractivity (Wildman–Crippen MR) is 86.5 cm³/mol. The van der Waals surface area contributed by atoms with Gasteiger partial charge in [-0.25, -0.2) is 9.97 Å². The largest absolute Gasteiger partial charge is 0.263 e. The van der Waals surface area contributed by atoms with Crippen molar-refractivity contribution in [1.82, 2.24) is 15.0 Å². The number of benzene rings is 1. The lowest BCUT2D eigenvalue weighted by atomic mass is 9.92. The van der Waals surface area contributed by atoms with Crippen LogP contribution in [0.4, 0.5) is 0 Å². The molecule has 3 aromatic rings. The molecule has 0 aliphatic heterocycles. The summed E-state index contributed by atoms with van der Waals surface area (Å²) in [6.45, 7) is 6.32. The van der Waals surface area contributed by atoms with Gasteiger partial charge >= 0.3 is 0 Å². The third kappa shape index (κ3) is 2.74. The molecule has 0 fully saturated rings. The summed E-state index contributed by atoms with van der Waals surface area (Å²) < 4.78 is 0. The van der Waals surface area contributed by atoms with Crippen molar-refractivity contribution in [2.75, 3.05) is 0 Å². The van der Waals surface area contributed by atoms with Gasteiger partial charge in [-0.05, 0) is 11.5 Å². The fourth-order valence-corrected chi connectivity index (χ4v) is 2.40. The summed E-state index contributed by atoms with van der Waals surface area (Å²) in [6, 6.07) is 9.90. The van der Waals surface area contributed by atoms with Crippen LogP contribution in [0.5, 0.6) is 0 Å². The molecular formula is C17H16ClN3. The van der Waals surface area contributed by atoms with Gasteiger partial charge in [-0.1, -0.05) is 56.6 Å². The smallest absolute Gasteiger partial charge is 0.163 e. The van der Waals surface area contributed by atoms with Crippen molar-refractivity contribution in [1.29, 1.82) is 0 Å². The highest BCUT2D eigenvalue weighted by molar-refractivity contribution is 6.29. The number of rotatable bonds is 1. The van der Waals surface area contributed by atoms with Crippen LogP contribution in [0.15, 0.2) is 42.7 Å². The maximum absolute atomic E-state index is 6.19. The zero-order valence-corrected chi connectivity index (χ0v) is 13.0. The Morgan fingerprint density at radius 1 is 1.00 bits per heavy atom. The van der Waals surface area contributed by atoms with Gasteiger partial charge in [0.05, 0.1) is 5.69 Å². The van der Waals surface area contributed by atoms with Crippen molar-refractivity contribution in [3.05, 3.63) is 53.6 Å². The first-order valence-corrected chi connectivity index (χ1v) is 7.21. The first kappa shape index (κ1) is 14.0. The van der Waals surface area contributed by atoms with Gasteiger partial charge in [0.1, 0.15) is 5.15 Å². The first-order valence-electron chi connectivity index (χ1n) is 6.83. The van der Waals surface area contributed by atoms with E-state index >= 15 is 0 Å². The summed E-state index contributed by atoms with van der Waals surface area (Å²) in [5.74, 6) is 0.622. The van der Waals surface area contributed by atoms with Crippen LogP contribution in [-0.4, -0.2) is 15.0 Å². The Morgan fingerprint density at radius 2 is 1.76 bits per heavy atom. The van der Waals surface area contributed by atoms with Gasteiger partial charge in [0, 0.05) is 28.8 Å². The quantitative estimate of drug-likeness (QED) is 0.614. The lowest BCUT2D eigenvalue weighted by Gasteiger charge is -2.18. The molecule has 4 heteroatoms. The fourth-order valence-electron chi connectivity index (χ4n) is 2.22.